The molecule has 4 rings (SSSR count). The maximum Gasteiger partial charge on any atom is 0.251 e. The number of amides is 2. The molecule has 0 radical (unpaired) electrons. The summed E-state index contributed by atoms with van der Waals surface area (Å²) in [5.74, 6) is 1.37. The maximum atomic E-state index is 12.9. The lowest BCUT2D eigenvalue weighted by atomic mass is 9.93. The second kappa shape index (κ2) is 9.81. The first-order valence-electron chi connectivity index (χ1n) is 12.1. The van der Waals surface area contributed by atoms with Crippen LogP contribution in [0.1, 0.15) is 63.2 Å². The van der Waals surface area contributed by atoms with E-state index in [1.165, 1.54) is 6.42 Å². The van der Waals surface area contributed by atoms with Gasteiger partial charge in [0, 0.05) is 37.0 Å². The van der Waals surface area contributed by atoms with Crippen LogP contribution in [0.3, 0.4) is 0 Å². The van der Waals surface area contributed by atoms with Crippen molar-refractivity contribution in [3.63, 3.8) is 0 Å². The van der Waals surface area contributed by atoms with Gasteiger partial charge in [-0.15, -0.1) is 0 Å². The lowest BCUT2D eigenvalue weighted by molar-refractivity contribution is -0.120. The predicted octanol–water partition coefficient (Wildman–Crippen LogP) is 4.72. The highest BCUT2D eigenvalue weighted by molar-refractivity contribution is 6.05. The molecule has 1 aromatic heterocycles. The van der Waals surface area contributed by atoms with Gasteiger partial charge in [0.05, 0.1) is 17.6 Å². The number of likely N-dealkylation sites (N-methyl/N-ethyl adjacent to an activating group) is 1. The number of hydrogen-bond acceptors (Lipinski definition) is 5. The summed E-state index contributed by atoms with van der Waals surface area (Å²) in [6, 6.07) is 9.66. The van der Waals surface area contributed by atoms with Crippen LogP contribution in [0.15, 0.2) is 36.5 Å². The molecule has 7 nitrogen and oxygen atoms in total. The zero-order valence-corrected chi connectivity index (χ0v) is 20.1. The molecule has 1 fully saturated rings. The van der Waals surface area contributed by atoms with Gasteiger partial charge in [0.2, 0.25) is 5.91 Å². The Hall–Kier alpha value is -3.09. The highest BCUT2D eigenvalue weighted by atomic mass is 16.2. The second-order valence-electron chi connectivity index (χ2n) is 9.56. The van der Waals surface area contributed by atoms with Crippen molar-refractivity contribution >= 4 is 34.7 Å². The number of nitrogens with one attached hydrogen (secondary N) is 2. The van der Waals surface area contributed by atoms with Gasteiger partial charge in [-0.25, -0.2) is 4.98 Å². The number of aromatic nitrogens is 1. The van der Waals surface area contributed by atoms with Crippen molar-refractivity contribution in [2.45, 2.75) is 65.0 Å². The first-order chi connectivity index (χ1) is 15.9. The van der Waals surface area contributed by atoms with Crippen LogP contribution in [0, 0.1) is 5.92 Å². The van der Waals surface area contributed by atoms with Gasteiger partial charge in [0.25, 0.3) is 5.91 Å². The minimum atomic E-state index is -0.162. The molecule has 1 aliphatic carbocycles. The lowest BCUT2D eigenvalue weighted by Crippen LogP contribution is -2.52. The van der Waals surface area contributed by atoms with Gasteiger partial charge in [-0.1, -0.05) is 20.8 Å². The summed E-state index contributed by atoms with van der Waals surface area (Å²) >= 11 is 0. The van der Waals surface area contributed by atoms with Gasteiger partial charge in [-0.3, -0.25) is 9.59 Å². The molecule has 33 heavy (non-hydrogen) atoms. The third-order valence-electron chi connectivity index (χ3n) is 6.72. The Morgan fingerprint density at radius 3 is 2.52 bits per heavy atom. The smallest absolute Gasteiger partial charge is 0.251 e. The zero-order chi connectivity index (χ0) is 23.5. The molecule has 2 amide bonds. The average molecular weight is 450 g/mol. The van der Waals surface area contributed by atoms with E-state index in [4.69, 9.17) is 0 Å². The van der Waals surface area contributed by atoms with E-state index in [-0.39, 0.29) is 17.9 Å². The van der Waals surface area contributed by atoms with Gasteiger partial charge in [-0.05, 0) is 62.3 Å². The molecular weight excluding hydrogens is 414 g/mol. The monoisotopic (exact) mass is 449 g/mol. The Bertz CT molecular complexity index is 1000. The number of carbonyl (C=O) groups is 2. The van der Waals surface area contributed by atoms with E-state index in [9.17, 15) is 9.59 Å². The summed E-state index contributed by atoms with van der Waals surface area (Å²) in [4.78, 5) is 33.8. The van der Waals surface area contributed by atoms with Crippen LogP contribution >= 0.6 is 0 Å². The number of benzene rings is 1. The van der Waals surface area contributed by atoms with Gasteiger partial charge < -0.3 is 20.4 Å². The van der Waals surface area contributed by atoms with Crippen LogP contribution < -0.4 is 20.4 Å². The third kappa shape index (κ3) is 4.97. The number of fused-ring (bicyclic) bond motifs is 1. The second-order valence-corrected chi connectivity index (χ2v) is 9.56. The van der Waals surface area contributed by atoms with Crippen LogP contribution in [0.4, 0.5) is 22.9 Å². The van der Waals surface area contributed by atoms with Gasteiger partial charge in [0.15, 0.2) is 0 Å². The van der Waals surface area contributed by atoms with E-state index >= 15 is 0 Å². The molecule has 2 aliphatic rings. The average Bonchev–Trinajstić information content (AvgIpc) is 2.78. The van der Waals surface area contributed by atoms with Crippen molar-refractivity contribution in [3.05, 3.63) is 42.1 Å². The fourth-order valence-electron chi connectivity index (χ4n) is 4.38. The van der Waals surface area contributed by atoms with Gasteiger partial charge in [-0.2, -0.15) is 0 Å². The Labute approximate surface area is 196 Å². The molecule has 0 spiro atoms. The highest BCUT2D eigenvalue weighted by Crippen LogP contribution is 2.38. The SMILES string of the molecule is CCC1C(=O)N(C)c2cnc(Nc3ccc(C(=O)NC4CCC4)cc3)cc2N1CCC(C)C. The highest BCUT2D eigenvalue weighted by Gasteiger charge is 2.35. The molecule has 1 aliphatic heterocycles. The van der Waals surface area contributed by atoms with E-state index in [1.807, 2.05) is 37.4 Å². The Morgan fingerprint density at radius 1 is 1.18 bits per heavy atom. The molecule has 2 N–H and O–H groups in total. The van der Waals surface area contributed by atoms with Crippen molar-refractivity contribution in [2.24, 2.45) is 5.92 Å². The summed E-state index contributed by atoms with van der Waals surface area (Å²) in [6.07, 6.45) is 6.88. The van der Waals surface area contributed by atoms with E-state index in [0.29, 0.717) is 23.3 Å². The molecular formula is C26H35N5O2. The topological polar surface area (TPSA) is 77.6 Å². The first-order valence-corrected chi connectivity index (χ1v) is 12.1. The first kappa shape index (κ1) is 23.1. The largest absolute Gasteiger partial charge is 0.358 e. The van der Waals surface area contributed by atoms with Gasteiger partial charge in [0.1, 0.15) is 11.9 Å². The van der Waals surface area contributed by atoms with E-state index in [1.54, 1.807) is 11.1 Å². The van der Waals surface area contributed by atoms with Gasteiger partial charge >= 0.3 is 0 Å². The maximum absolute atomic E-state index is 12.9. The normalized spacial score (nSPS) is 18.2. The van der Waals surface area contributed by atoms with Crippen LogP contribution in [0.5, 0.6) is 0 Å². The molecule has 2 aromatic rings. The van der Waals surface area contributed by atoms with Crippen molar-refractivity contribution in [2.75, 3.05) is 28.7 Å². The van der Waals surface area contributed by atoms with E-state index in [0.717, 1.165) is 49.3 Å². The fraction of sp³-hybridized carbons (Fsp3) is 0.500. The number of hydrogen-bond donors (Lipinski definition) is 2. The number of nitrogens with zero attached hydrogens (tertiary/aromatic N) is 3. The summed E-state index contributed by atoms with van der Waals surface area (Å²) in [5, 5.41) is 6.42. The number of pyridine rings is 1. The molecule has 176 valence electrons. The molecule has 0 bridgehead atoms. The lowest BCUT2D eigenvalue weighted by Gasteiger charge is -2.41. The summed E-state index contributed by atoms with van der Waals surface area (Å²) in [5.41, 5.74) is 3.39. The number of anilines is 4. The van der Waals surface area contributed by atoms with Crippen molar-refractivity contribution < 1.29 is 9.59 Å². The molecule has 1 atom stereocenters. The summed E-state index contributed by atoms with van der Waals surface area (Å²) in [6.45, 7) is 7.30. The van der Waals surface area contributed by atoms with E-state index in [2.05, 4.69) is 41.3 Å². The standard InChI is InChI=1S/C26H35N5O2/c1-5-21-26(33)30(4)23-16-27-24(15-22(23)31(21)14-13-17(2)3)28-20-11-9-18(10-12-20)25(32)29-19-7-6-8-19/h9-12,15-17,19,21H,5-8,13-14H2,1-4H3,(H,27,28)(H,29,32). The molecule has 2 heterocycles. The van der Waals surface area contributed by atoms with E-state index < -0.39 is 0 Å². The molecule has 1 unspecified atom stereocenters. The number of rotatable bonds is 8. The van der Waals surface area contributed by atoms with Crippen molar-refractivity contribution in [1.82, 2.24) is 10.3 Å². The van der Waals surface area contributed by atoms with Crippen molar-refractivity contribution in [1.29, 1.82) is 0 Å². The minimum absolute atomic E-state index is 0.0164. The Kier molecular flexibility index (Phi) is 6.86. The van der Waals surface area contributed by atoms with Crippen LogP contribution in [0.25, 0.3) is 0 Å². The molecule has 1 saturated carbocycles. The Morgan fingerprint density at radius 2 is 1.91 bits per heavy atom. The Balaban J connectivity index is 1.53. The molecule has 0 saturated heterocycles. The quantitative estimate of drug-likeness (QED) is 0.610. The summed E-state index contributed by atoms with van der Waals surface area (Å²) in [7, 11) is 1.83. The van der Waals surface area contributed by atoms with Crippen LogP contribution in [-0.2, 0) is 4.79 Å². The van der Waals surface area contributed by atoms with Crippen LogP contribution in [-0.4, -0.2) is 42.5 Å². The molecule has 7 heteroatoms. The van der Waals surface area contributed by atoms with Crippen molar-refractivity contribution in [3.8, 4) is 0 Å². The molecule has 1 aromatic carbocycles. The minimum Gasteiger partial charge on any atom is -0.358 e. The third-order valence-corrected chi connectivity index (χ3v) is 6.72. The fourth-order valence-corrected chi connectivity index (χ4v) is 4.38. The summed E-state index contributed by atoms with van der Waals surface area (Å²) < 4.78 is 0. The predicted molar refractivity (Wildman–Crippen MR) is 133 cm³/mol. The van der Waals surface area contributed by atoms with Crippen LogP contribution in [0.2, 0.25) is 0 Å². The number of carbonyl (C=O) groups excluding carboxylic acids is 2. The zero-order valence-electron chi connectivity index (χ0n) is 20.1.